The number of para-hydroxylation sites is 1. The first-order valence-corrected chi connectivity index (χ1v) is 6.29. The normalized spacial score (nSPS) is 9.62. The minimum Gasteiger partial charge on any atom is -0.497 e. The van der Waals surface area contributed by atoms with E-state index in [0.29, 0.717) is 28.5 Å². The maximum absolute atomic E-state index is 9.23. The Bertz CT molecular complexity index is 678. The molecule has 21 heavy (non-hydrogen) atoms. The summed E-state index contributed by atoms with van der Waals surface area (Å²) in [5.74, 6) is 1.90. The fourth-order valence-electron chi connectivity index (χ4n) is 1.96. The molecule has 0 bridgehead atoms. The van der Waals surface area contributed by atoms with Crippen LogP contribution in [0.2, 0.25) is 0 Å². The van der Waals surface area contributed by atoms with E-state index >= 15 is 0 Å². The Morgan fingerprint density at radius 1 is 0.952 bits per heavy atom. The van der Waals surface area contributed by atoms with Gasteiger partial charge in [0, 0.05) is 6.07 Å². The van der Waals surface area contributed by atoms with Crippen molar-refractivity contribution < 1.29 is 14.2 Å². The van der Waals surface area contributed by atoms with Gasteiger partial charge in [0.15, 0.2) is 0 Å². The lowest BCUT2D eigenvalue weighted by Gasteiger charge is -2.15. The lowest BCUT2D eigenvalue weighted by Crippen LogP contribution is -2.00. The summed E-state index contributed by atoms with van der Waals surface area (Å²) in [4.78, 5) is 0. The van der Waals surface area contributed by atoms with Gasteiger partial charge in [0.2, 0.25) is 0 Å². The van der Waals surface area contributed by atoms with Crippen molar-refractivity contribution in [1.82, 2.24) is 0 Å². The van der Waals surface area contributed by atoms with Crippen LogP contribution >= 0.6 is 0 Å². The van der Waals surface area contributed by atoms with E-state index in [1.807, 2.05) is 12.1 Å². The summed E-state index contributed by atoms with van der Waals surface area (Å²) in [7, 11) is 4.73. The van der Waals surface area contributed by atoms with E-state index in [1.54, 1.807) is 45.6 Å². The molecular weight excluding hydrogens is 268 g/mol. The second-order valence-corrected chi connectivity index (χ2v) is 4.19. The topological polar surface area (TPSA) is 63.5 Å². The Hall–Kier alpha value is -2.87. The van der Waals surface area contributed by atoms with E-state index in [2.05, 4.69) is 11.4 Å². The SMILES string of the molecule is COc1ccc(Nc2c(C#N)cccc2OC)c(OC)c1. The van der Waals surface area contributed by atoms with Crippen molar-refractivity contribution in [3.05, 3.63) is 42.0 Å². The molecule has 108 valence electrons. The summed E-state index contributed by atoms with van der Waals surface area (Å²) in [6, 6.07) is 12.8. The molecule has 0 amide bonds. The number of methoxy groups -OCH3 is 3. The third-order valence-corrected chi connectivity index (χ3v) is 3.03. The number of nitrogens with zero attached hydrogens (tertiary/aromatic N) is 1. The molecule has 5 heteroatoms. The molecule has 0 aliphatic carbocycles. The van der Waals surface area contributed by atoms with Gasteiger partial charge in [-0.05, 0) is 24.3 Å². The zero-order chi connectivity index (χ0) is 15.2. The number of rotatable bonds is 5. The van der Waals surface area contributed by atoms with Gasteiger partial charge in [0.25, 0.3) is 0 Å². The summed E-state index contributed by atoms with van der Waals surface area (Å²) in [5, 5.41) is 12.4. The van der Waals surface area contributed by atoms with Gasteiger partial charge in [-0.3, -0.25) is 0 Å². The third kappa shape index (κ3) is 3.00. The molecule has 5 nitrogen and oxygen atoms in total. The third-order valence-electron chi connectivity index (χ3n) is 3.03. The molecule has 0 spiro atoms. The smallest absolute Gasteiger partial charge is 0.145 e. The number of hydrogen-bond donors (Lipinski definition) is 1. The van der Waals surface area contributed by atoms with Crippen LogP contribution in [0.15, 0.2) is 36.4 Å². The molecular formula is C16H16N2O3. The van der Waals surface area contributed by atoms with Crippen molar-refractivity contribution in [2.24, 2.45) is 0 Å². The van der Waals surface area contributed by atoms with Crippen LogP contribution in [0, 0.1) is 11.3 Å². The Kier molecular flexibility index (Phi) is 4.52. The Labute approximate surface area is 123 Å². The minimum absolute atomic E-state index is 0.493. The number of nitrogens with one attached hydrogen (secondary N) is 1. The van der Waals surface area contributed by atoms with Crippen molar-refractivity contribution >= 4 is 11.4 Å². The molecule has 0 heterocycles. The predicted octanol–water partition coefficient (Wildman–Crippen LogP) is 3.33. The maximum atomic E-state index is 9.23. The summed E-state index contributed by atoms with van der Waals surface area (Å²) in [6.45, 7) is 0. The van der Waals surface area contributed by atoms with E-state index in [-0.39, 0.29) is 0 Å². The molecule has 2 aromatic carbocycles. The highest BCUT2D eigenvalue weighted by molar-refractivity contribution is 5.76. The van der Waals surface area contributed by atoms with Crippen LogP contribution in [0.5, 0.6) is 17.2 Å². The molecule has 0 saturated carbocycles. The molecule has 2 rings (SSSR count). The molecule has 0 saturated heterocycles. The van der Waals surface area contributed by atoms with E-state index in [0.717, 1.165) is 5.69 Å². The maximum Gasteiger partial charge on any atom is 0.145 e. The van der Waals surface area contributed by atoms with Gasteiger partial charge in [-0.1, -0.05) is 6.07 Å². The average Bonchev–Trinajstić information content (AvgIpc) is 2.55. The minimum atomic E-state index is 0.493. The van der Waals surface area contributed by atoms with E-state index in [9.17, 15) is 5.26 Å². The molecule has 0 unspecified atom stereocenters. The van der Waals surface area contributed by atoms with E-state index in [1.165, 1.54) is 0 Å². The highest BCUT2D eigenvalue weighted by atomic mass is 16.5. The highest BCUT2D eigenvalue weighted by Crippen LogP contribution is 2.36. The van der Waals surface area contributed by atoms with Gasteiger partial charge in [-0.15, -0.1) is 0 Å². The van der Waals surface area contributed by atoms with Crippen LogP contribution in [0.3, 0.4) is 0 Å². The summed E-state index contributed by atoms with van der Waals surface area (Å²) < 4.78 is 15.8. The van der Waals surface area contributed by atoms with Crippen LogP contribution in [-0.2, 0) is 0 Å². The van der Waals surface area contributed by atoms with E-state index < -0.39 is 0 Å². The van der Waals surface area contributed by atoms with Crippen LogP contribution in [0.25, 0.3) is 0 Å². The monoisotopic (exact) mass is 284 g/mol. The first kappa shape index (κ1) is 14.5. The zero-order valence-corrected chi connectivity index (χ0v) is 12.1. The Balaban J connectivity index is 2.45. The second kappa shape index (κ2) is 6.53. The lowest BCUT2D eigenvalue weighted by atomic mass is 10.1. The lowest BCUT2D eigenvalue weighted by molar-refractivity contribution is 0.395. The first-order valence-electron chi connectivity index (χ1n) is 6.29. The zero-order valence-electron chi connectivity index (χ0n) is 12.1. The Morgan fingerprint density at radius 3 is 2.33 bits per heavy atom. The molecule has 0 aromatic heterocycles. The van der Waals surface area contributed by atoms with Crippen LogP contribution in [0.4, 0.5) is 11.4 Å². The predicted molar refractivity (Wildman–Crippen MR) is 80.5 cm³/mol. The van der Waals surface area contributed by atoms with Gasteiger partial charge in [0.1, 0.15) is 23.3 Å². The number of nitriles is 1. The van der Waals surface area contributed by atoms with Crippen LogP contribution < -0.4 is 19.5 Å². The number of anilines is 2. The van der Waals surface area contributed by atoms with Gasteiger partial charge in [-0.2, -0.15) is 5.26 Å². The number of benzene rings is 2. The largest absolute Gasteiger partial charge is 0.497 e. The Morgan fingerprint density at radius 2 is 1.71 bits per heavy atom. The average molecular weight is 284 g/mol. The van der Waals surface area contributed by atoms with Crippen molar-refractivity contribution in [1.29, 1.82) is 5.26 Å². The molecule has 0 aliphatic heterocycles. The van der Waals surface area contributed by atoms with Crippen LogP contribution in [0.1, 0.15) is 5.56 Å². The van der Waals surface area contributed by atoms with Crippen LogP contribution in [-0.4, -0.2) is 21.3 Å². The first-order chi connectivity index (χ1) is 10.2. The van der Waals surface area contributed by atoms with Gasteiger partial charge < -0.3 is 19.5 Å². The molecule has 0 aliphatic rings. The fraction of sp³-hybridized carbons (Fsp3) is 0.188. The number of hydrogen-bond acceptors (Lipinski definition) is 5. The fourth-order valence-corrected chi connectivity index (χ4v) is 1.96. The molecule has 0 radical (unpaired) electrons. The quantitative estimate of drug-likeness (QED) is 0.912. The van der Waals surface area contributed by atoms with Crippen molar-refractivity contribution in [3.8, 4) is 23.3 Å². The highest BCUT2D eigenvalue weighted by Gasteiger charge is 2.12. The summed E-state index contributed by atoms with van der Waals surface area (Å²) in [5.41, 5.74) is 1.82. The second-order valence-electron chi connectivity index (χ2n) is 4.19. The van der Waals surface area contributed by atoms with Crippen molar-refractivity contribution in [2.75, 3.05) is 26.6 Å². The molecule has 2 aromatic rings. The standard InChI is InChI=1S/C16H16N2O3/c1-19-12-7-8-13(15(9-12)21-3)18-16-11(10-17)5-4-6-14(16)20-2/h4-9,18H,1-3H3. The summed E-state index contributed by atoms with van der Waals surface area (Å²) >= 11 is 0. The number of ether oxygens (including phenoxy) is 3. The van der Waals surface area contributed by atoms with Gasteiger partial charge >= 0.3 is 0 Å². The van der Waals surface area contributed by atoms with Gasteiger partial charge in [-0.25, -0.2) is 0 Å². The molecule has 1 N–H and O–H groups in total. The van der Waals surface area contributed by atoms with E-state index in [4.69, 9.17) is 14.2 Å². The van der Waals surface area contributed by atoms with Gasteiger partial charge in [0.05, 0.1) is 38.3 Å². The van der Waals surface area contributed by atoms with Crippen molar-refractivity contribution in [3.63, 3.8) is 0 Å². The summed E-state index contributed by atoms with van der Waals surface area (Å²) in [6.07, 6.45) is 0. The molecule has 0 atom stereocenters. The molecule has 0 fully saturated rings. The van der Waals surface area contributed by atoms with Crippen molar-refractivity contribution in [2.45, 2.75) is 0 Å².